The Morgan fingerprint density at radius 3 is 2.53 bits per heavy atom. The molecule has 0 aromatic heterocycles. The fraction of sp³-hybridized carbons (Fsp3) is 0.273. The molecule has 1 unspecified atom stereocenters. The Hall–Kier alpha value is -2.24. The molecule has 0 bridgehead atoms. The summed E-state index contributed by atoms with van der Waals surface area (Å²) in [6.07, 6.45) is 0.224. The maximum atomic E-state index is 11.3. The smallest absolute Gasteiger partial charge is 0.335 e. The van der Waals surface area contributed by atoms with Gasteiger partial charge in [0.05, 0.1) is 16.9 Å². The molecule has 1 N–H and O–H groups in total. The molecule has 1 fully saturated rings. The lowest BCUT2D eigenvalue weighted by molar-refractivity contribution is -0.799. The van der Waals surface area contributed by atoms with E-state index < -0.39 is 12.0 Å². The Kier molecular flexibility index (Phi) is 2.86. The predicted octanol–water partition coefficient (Wildman–Crippen LogP) is 0.589. The Bertz CT molecular complexity index is 463. The number of rotatable bonds is 3. The molecule has 0 saturated carbocycles. The van der Waals surface area contributed by atoms with Crippen molar-refractivity contribution in [1.82, 2.24) is 0 Å². The standard InChI is InChI=1S/C11H9NO5/c13-10-6-17-12(16)9(10)5-7-1-3-8(4-2-7)11(14)15/h1-4,9H,5-6H2/p+1. The number of carbonyl (C=O) groups is 2. The summed E-state index contributed by atoms with van der Waals surface area (Å²) in [5.41, 5.74) is 0.890. The fourth-order valence-electron chi connectivity index (χ4n) is 1.63. The van der Waals surface area contributed by atoms with Crippen molar-refractivity contribution in [3.05, 3.63) is 40.3 Å². The average molecular weight is 236 g/mol. The van der Waals surface area contributed by atoms with Crippen LogP contribution in [-0.4, -0.2) is 34.4 Å². The highest BCUT2D eigenvalue weighted by atomic mass is 16.8. The van der Waals surface area contributed by atoms with Crippen LogP contribution in [0.1, 0.15) is 15.9 Å². The van der Waals surface area contributed by atoms with Gasteiger partial charge < -0.3 is 5.11 Å². The third-order valence-corrected chi connectivity index (χ3v) is 2.59. The lowest BCUT2D eigenvalue weighted by Gasteiger charge is -2.00. The van der Waals surface area contributed by atoms with Crippen LogP contribution in [0, 0.1) is 4.91 Å². The number of ketones is 1. The van der Waals surface area contributed by atoms with Crippen molar-refractivity contribution < 1.29 is 24.5 Å². The molecule has 1 aromatic rings. The zero-order chi connectivity index (χ0) is 12.4. The predicted molar refractivity (Wildman–Crippen MR) is 55.5 cm³/mol. The van der Waals surface area contributed by atoms with Gasteiger partial charge in [-0.3, -0.25) is 4.79 Å². The van der Waals surface area contributed by atoms with E-state index in [0.29, 0.717) is 4.92 Å². The van der Waals surface area contributed by atoms with Gasteiger partial charge in [-0.25, -0.2) is 9.63 Å². The number of hydrogen-bond donors (Lipinski definition) is 1. The van der Waals surface area contributed by atoms with Gasteiger partial charge in [0.15, 0.2) is 0 Å². The van der Waals surface area contributed by atoms with Crippen LogP contribution in [0.5, 0.6) is 0 Å². The quantitative estimate of drug-likeness (QED) is 0.830. The second-order valence-electron chi connectivity index (χ2n) is 3.75. The highest BCUT2D eigenvalue weighted by Crippen LogP contribution is 2.13. The maximum absolute atomic E-state index is 11.3. The molecule has 1 aromatic carbocycles. The molecule has 0 spiro atoms. The summed E-state index contributed by atoms with van der Waals surface area (Å²) in [4.78, 5) is 37.9. The number of hydrogen-bond acceptors (Lipinski definition) is 4. The number of benzene rings is 1. The van der Waals surface area contributed by atoms with E-state index in [2.05, 4.69) is 4.84 Å². The van der Waals surface area contributed by atoms with Gasteiger partial charge in [-0.05, 0) is 17.7 Å². The second-order valence-corrected chi connectivity index (χ2v) is 3.75. The minimum absolute atomic E-state index is 0.168. The monoisotopic (exact) mass is 236 g/mol. The van der Waals surface area contributed by atoms with E-state index in [0.717, 1.165) is 5.56 Å². The molecule has 1 saturated heterocycles. The molecular weight excluding hydrogens is 226 g/mol. The zero-order valence-electron chi connectivity index (χ0n) is 8.83. The van der Waals surface area contributed by atoms with Gasteiger partial charge in [0.1, 0.15) is 0 Å². The highest BCUT2D eigenvalue weighted by molar-refractivity contribution is 5.87. The Labute approximate surface area is 96.3 Å². The summed E-state index contributed by atoms with van der Waals surface area (Å²) in [6, 6.07) is 5.22. The van der Waals surface area contributed by atoms with E-state index in [1.807, 2.05) is 0 Å². The highest BCUT2D eigenvalue weighted by Gasteiger charge is 2.44. The number of carbonyl (C=O) groups excluding carboxylic acids is 1. The fourth-order valence-corrected chi connectivity index (χ4v) is 1.63. The number of aromatic carboxylic acids is 1. The van der Waals surface area contributed by atoms with Crippen molar-refractivity contribution in [2.75, 3.05) is 6.61 Å². The molecule has 0 aliphatic carbocycles. The molecule has 1 aliphatic rings. The summed E-state index contributed by atoms with van der Waals surface area (Å²) in [5, 5.41) is 8.71. The number of carboxylic acids is 1. The number of Topliss-reactive ketones (excluding diaryl/α,β-unsaturated/α-hetero) is 1. The molecule has 0 amide bonds. The van der Waals surface area contributed by atoms with E-state index >= 15 is 0 Å². The first-order valence-corrected chi connectivity index (χ1v) is 5.02. The maximum Gasteiger partial charge on any atom is 0.335 e. The minimum Gasteiger partial charge on any atom is -0.478 e. The summed E-state index contributed by atoms with van der Waals surface area (Å²) >= 11 is 0. The third-order valence-electron chi connectivity index (χ3n) is 2.59. The molecule has 0 radical (unpaired) electrons. The van der Waals surface area contributed by atoms with E-state index in [1.165, 1.54) is 12.1 Å². The normalized spacial score (nSPS) is 19.2. The molecular formula is C11H10NO5+. The van der Waals surface area contributed by atoms with Crippen LogP contribution in [0.15, 0.2) is 24.3 Å². The average Bonchev–Trinajstić information content (AvgIpc) is 2.61. The van der Waals surface area contributed by atoms with Crippen LogP contribution in [0.3, 0.4) is 0 Å². The third kappa shape index (κ3) is 2.30. The molecule has 6 heteroatoms. The summed E-state index contributed by atoms with van der Waals surface area (Å²) in [5.74, 6) is -1.27. The molecule has 1 aliphatic heterocycles. The first-order valence-electron chi connectivity index (χ1n) is 5.02. The first-order chi connectivity index (χ1) is 8.08. The van der Waals surface area contributed by atoms with Gasteiger partial charge in [-0.1, -0.05) is 12.1 Å². The summed E-state index contributed by atoms with van der Waals surface area (Å²) in [6.45, 7) is -0.193. The van der Waals surface area contributed by atoms with Gasteiger partial charge in [-0.2, -0.15) is 0 Å². The molecule has 6 nitrogen and oxygen atoms in total. The van der Waals surface area contributed by atoms with Crippen LogP contribution in [-0.2, 0) is 16.1 Å². The lowest BCUT2D eigenvalue weighted by Crippen LogP contribution is -2.25. The van der Waals surface area contributed by atoms with Gasteiger partial charge in [0, 0.05) is 0 Å². The van der Waals surface area contributed by atoms with Gasteiger partial charge in [0.2, 0.25) is 11.5 Å². The van der Waals surface area contributed by atoms with Gasteiger partial charge >= 0.3 is 12.0 Å². The summed E-state index contributed by atoms with van der Waals surface area (Å²) in [7, 11) is 0. The van der Waals surface area contributed by atoms with Crippen LogP contribution in [0.25, 0.3) is 0 Å². The van der Waals surface area contributed by atoms with E-state index in [9.17, 15) is 14.5 Å². The largest absolute Gasteiger partial charge is 0.478 e. The molecule has 17 heavy (non-hydrogen) atoms. The molecule has 1 atom stereocenters. The number of nitrogens with zero attached hydrogens (tertiary/aromatic N) is 1. The Balaban J connectivity index is 2.11. The minimum atomic E-state index is -1.01. The molecule has 88 valence electrons. The van der Waals surface area contributed by atoms with Crippen LogP contribution in [0.2, 0.25) is 0 Å². The Morgan fingerprint density at radius 2 is 2.06 bits per heavy atom. The van der Waals surface area contributed by atoms with Crippen molar-refractivity contribution >= 4 is 11.8 Å². The van der Waals surface area contributed by atoms with Crippen molar-refractivity contribution in [2.45, 2.75) is 12.5 Å². The SMILES string of the molecule is O=C(O)c1ccc(CC2C(=O)CO[N+]2=O)cc1. The zero-order valence-corrected chi connectivity index (χ0v) is 8.83. The molecule has 1 heterocycles. The van der Waals surface area contributed by atoms with E-state index in [1.54, 1.807) is 12.1 Å². The van der Waals surface area contributed by atoms with Crippen LogP contribution in [0.4, 0.5) is 0 Å². The Morgan fingerprint density at radius 1 is 1.41 bits per heavy atom. The van der Waals surface area contributed by atoms with E-state index in [4.69, 9.17) is 5.11 Å². The van der Waals surface area contributed by atoms with E-state index in [-0.39, 0.29) is 24.4 Å². The topological polar surface area (TPSA) is 83.7 Å². The lowest BCUT2D eigenvalue weighted by atomic mass is 10.0. The molecule has 2 rings (SSSR count). The van der Waals surface area contributed by atoms with Crippen molar-refractivity contribution in [1.29, 1.82) is 0 Å². The van der Waals surface area contributed by atoms with Crippen molar-refractivity contribution in [2.24, 2.45) is 0 Å². The van der Waals surface area contributed by atoms with Crippen molar-refractivity contribution in [3.8, 4) is 0 Å². The number of carboxylic acid groups (broad SMARTS) is 1. The second kappa shape index (κ2) is 4.32. The van der Waals surface area contributed by atoms with Crippen molar-refractivity contribution in [3.63, 3.8) is 0 Å². The first kappa shape index (κ1) is 11.3. The summed E-state index contributed by atoms with van der Waals surface area (Å²) < 4.78 is 0. The van der Waals surface area contributed by atoms with Crippen LogP contribution >= 0.6 is 0 Å². The van der Waals surface area contributed by atoms with Gasteiger partial charge in [-0.15, -0.1) is 0 Å². The van der Waals surface area contributed by atoms with Crippen LogP contribution < -0.4 is 0 Å². The van der Waals surface area contributed by atoms with Gasteiger partial charge in [0.25, 0.3) is 5.78 Å².